The van der Waals surface area contributed by atoms with E-state index >= 15 is 0 Å². The number of ether oxygens (including phenoxy) is 1. The lowest BCUT2D eigenvalue weighted by Gasteiger charge is -2.10. The third kappa shape index (κ3) is 3.52. The van der Waals surface area contributed by atoms with E-state index in [1.165, 1.54) is 5.56 Å². The number of methoxy groups -OCH3 is 1. The molecule has 21 heavy (non-hydrogen) atoms. The SMILES string of the molecule is COCCn1cc(NCc2c(C)nn(C)c2C)ccc1=O. The molecule has 0 saturated carbocycles. The zero-order valence-corrected chi connectivity index (χ0v) is 13.0. The molecule has 1 N–H and O–H groups in total. The number of aryl methyl sites for hydroxylation is 2. The summed E-state index contributed by atoms with van der Waals surface area (Å²) in [5.74, 6) is 0. The fourth-order valence-corrected chi connectivity index (χ4v) is 2.26. The average molecular weight is 290 g/mol. The molecule has 0 aliphatic rings. The molecule has 6 heteroatoms. The van der Waals surface area contributed by atoms with E-state index in [0.29, 0.717) is 19.7 Å². The summed E-state index contributed by atoms with van der Waals surface area (Å²) < 4.78 is 8.54. The zero-order valence-electron chi connectivity index (χ0n) is 13.0. The van der Waals surface area contributed by atoms with Gasteiger partial charge in [-0.2, -0.15) is 5.10 Å². The number of hydrogen-bond acceptors (Lipinski definition) is 4. The van der Waals surface area contributed by atoms with Crippen LogP contribution in [-0.4, -0.2) is 28.1 Å². The van der Waals surface area contributed by atoms with Crippen LogP contribution in [0.15, 0.2) is 23.1 Å². The number of hydrogen-bond donors (Lipinski definition) is 1. The fourth-order valence-electron chi connectivity index (χ4n) is 2.26. The largest absolute Gasteiger partial charge is 0.383 e. The van der Waals surface area contributed by atoms with E-state index < -0.39 is 0 Å². The van der Waals surface area contributed by atoms with Crippen molar-refractivity contribution in [3.63, 3.8) is 0 Å². The Morgan fingerprint density at radius 1 is 1.33 bits per heavy atom. The molecule has 0 radical (unpaired) electrons. The topological polar surface area (TPSA) is 61.1 Å². The minimum atomic E-state index is -0.0219. The van der Waals surface area contributed by atoms with Gasteiger partial charge in [-0.05, 0) is 19.9 Å². The van der Waals surface area contributed by atoms with Gasteiger partial charge in [0.15, 0.2) is 0 Å². The average Bonchev–Trinajstić information content (AvgIpc) is 2.70. The van der Waals surface area contributed by atoms with E-state index in [9.17, 15) is 4.79 Å². The standard InChI is InChI=1S/C15H22N4O2/c1-11-14(12(2)18(3)17-11)9-16-13-5-6-15(20)19(10-13)7-8-21-4/h5-6,10,16H,7-9H2,1-4H3. The van der Waals surface area contributed by atoms with Crippen LogP contribution in [0.4, 0.5) is 5.69 Å². The maximum atomic E-state index is 11.7. The van der Waals surface area contributed by atoms with Crippen LogP contribution in [0.1, 0.15) is 17.0 Å². The third-order valence-electron chi connectivity index (χ3n) is 3.65. The van der Waals surface area contributed by atoms with Crippen LogP contribution in [-0.2, 0) is 24.9 Å². The molecule has 2 rings (SSSR count). The van der Waals surface area contributed by atoms with E-state index in [1.54, 1.807) is 23.8 Å². The van der Waals surface area contributed by atoms with Gasteiger partial charge >= 0.3 is 0 Å². The van der Waals surface area contributed by atoms with Gasteiger partial charge in [0.1, 0.15) is 0 Å². The fraction of sp³-hybridized carbons (Fsp3) is 0.467. The Morgan fingerprint density at radius 3 is 2.71 bits per heavy atom. The van der Waals surface area contributed by atoms with Crippen molar-refractivity contribution in [1.82, 2.24) is 14.3 Å². The lowest BCUT2D eigenvalue weighted by molar-refractivity contribution is 0.186. The highest BCUT2D eigenvalue weighted by Crippen LogP contribution is 2.14. The summed E-state index contributed by atoms with van der Waals surface area (Å²) in [4.78, 5) is 11.7. The third-order valence-corrected chi connectivity index (χ3v) is 3.65. The van der Waals surface area contributed by atoms with Gasteiger partial charge < -0.3 is 14.6 Å². The highest BCUT2D eigenvalue weighted by Gasteiger charge is 2.09. The molecule has 0 spiro atoms. The van der Waals surface area contributed by atoms with Gasteiger partial charge in [0.05, 0.1) is 18.0 Å². The van der Waals surface area contributed by atoms with Gasteiger partial charge in [0.25, 0.3) is 5.56 Å². The van der Waals surface area contributed by atoms with E-state index in [1.807, 2.05) is 24.9 Å². The maximum Gasteiger partial charge on any atom is 0.250 e. The molecular formula is C15H22N4O2. The van der Waals surface area contributed by atoms with Crippen molar-refractivity contribution in [2.24, 2.45) is 7.05 Å². The first-order valence-corrected chi connectivity index (χ1v) is 6.95. The van der Waals surface area contributed by atoms with Gasteiger partial charge in [-0.3, -0.25) is 9.48 Å². The monoisotopic (exact) mass is 290 g/mol. The predicted octanol–water partition coefficient (Wildman–Crippen LogP) is 1.46. The van der Waals surface area contributed by atoms with Gasteiger partial charge in [-0.15, -0.1) is 0 Å². The molecule has 2 aromatic rings. The molecule has 0 atom stereocenters. The molecule has 0 bridgehead atoms. The molecule has 6 nitrogen and oxygen atoms in total. The Labute approximate surface area is 124 Å². The lowest BCUT2D eigenvalue weighted by atomic mass is 10.2. The number of nitrogens with one attached hydrogen (secondary N) is 1. The first kappa shape index (κ1) is 15.3. The van der Waals surface area contributed by atoms with Gasteiger partial charge in [-0.25, -0.2) is 0 Å². The van der Waals surface area contributed by atoms with Crippen LogP contribution in [0.25, 0.3) is 0 Å². The van der Waals surface area contributed by atoms with Crippen LogP contribution >= 0.6 is 0 Å². The number of rotatable bonds is 6. The van der Waals surface area contributed by atoms with Crippen molar-refractivity contribution in [2.45, 2.75) is 26.9 Å². The Kier molecular flexibility index (Phi) is 4.80. The maximum absolute atomic E-state index is 11.7. The molecule has 0 amide bonds. The summed E-state index contributed by atoms with van der Waals surface area (Å²) in [5.41, 5.74) is 4.25. The molecule has 0 unspecified atom stereocenters. The number of anilines is 1. The highest BCUT2D eigenvalue weighted by atomic mass is 16.5. The summed E-state index contributed by atoms with van der Waals surface area (Å²) in [6, 6.07) is 3.37. The van der Waals surface area contributed by atoms with E-state index in [-0.39, 0.29) is 5.56 Å². The highest BCUT2D eigenvalue weighted by molar-refractivity contribution is 5.42. The van der Waals surface area contributed by atoms with Gasteiger partial charge in [0, 0.05) is 50.8 Å². The zero-order chi connectivity index (χ0) is 15.4. The second-order valence-corrected chi connectivity index (χ2v) is 5.07. The van der Waals surface area contributed by atoms with Crippen molar-refractivity contribution in [3.05, 3.63) is 45.6 Å². The van der Waals surface area contributed by atoms with Crippen molar-refractivity contribution < 1.29 is 4.74 Å². The molecule has 2 aromatic heterocycles. The van der Waals surface area contributed by atoms with Crippen molar-refractivity contribution in [1.29, 1.82) is 0 Å². The Bertz CT molecular complexity index is 673. The second kappa shape index (κ2) is 6.58. The smallest absolute Gasteiger partial charge is 0.250 e. The summed E-state index contributed by atoms with van der Waals surface area (Å²) in [5, 5.41) is 7.75. The molecule has 0 aliphatic heterocycles. The van der Waals surface area contributed by atoms with E-state index in [0.717, 1.165) is 17.1 Å². The first-order valence-electron chi connectivity index (χ1n) is 6.95. The first-order chi connectivity index (χ1) is 10.0. The normalized spacial score (nSPS) is 10.9. The van der Waals surface area contributed by atoms with Crippen LogP contribution in [0, 0.1) is 13.8 Å². The summed E-state index contributed by atoms with van der Waals surface area (Å²) >= 11 is 0. The molecule has 0 aliphatic carbocycles. The van der Waals surface area contributed by atoms with Crippen molar-refractivity contribution in [3.8, 4) is 0 Å². The molecule has 0 aromatic carbocycles. The minimum Gasteiger partial charge on any atom is -0.383 e. The van der Waals surface area contributed by atoms with Crippen LogP contribution < -0.4 is 10.9 Å². The van der Waals surface area contributed by atoms with Gasteiger partial charge in [-0.1, -0.05) is 0 Å². The summed E-state index contributed by atoms with van der Waals surface area (Å²) in [7, 11) is 3.57. The van der Waals surface area contributed by atoms with Gasteiger partial charge in [0.2, 0.25) is 0 Å². The lowest BCUT2D eigenvalue weighted by Crippen LogP contribution is -2.21. The number of aromatic nitrogens is 3. The quantitative estimate of drug-likeness (QED) is 0.875. The molecule has 0 saturated heterocycles. The Balaban J connectivity index is 2.11. The van der Waals surface area contributed by atoms with Crippen LogP contribution in [0.2, 0.25) is 0 Å². The molecule has 114 valence electrons. The molecule has 2 heterocycles. The van der Waals surface area contributed by atoms with E-state index in [2.05, 4.69) is 17.3 Å². The number of pyridine rings is 1. The Morgan fingerprint density at radius 2 is 2.10 bits per heavy atom. The molecule has 0 fully saturated rings. The summed E-state index contributed by atoms with van der Waals surface area (Å²) in [6.45, 7) is 5.81. The van der Waals surface area contributed by atoms with E-state index in [4.69, 9.17) is 4.74 Å². The minimum absolute atomic E-state index is 0.0219. The number of nitrogens with zero attached hydrogens (tertiary/aromatic N) is 3. The van der Waals surface area contributed by atoms with Crippen molar-refractivity contribution >= 4 is 5.69 Å². The Hall–Kier alpha value is -2.08. The second-order valence-electron chi connectivity index (χ2n) is 5.07. The predicted molar refractivity (Wildman–Crippen MR) is 82.6 cm³/mol. The van der Waals surface area contributed by atoms with Crippen LogP contribution in [0.5, 0.6) is 0 Å². The molecular weight excluding hydrogens is 268 g/mol. The van der Waals surface area contributed by atoms with Crippen molar-refractivity contribution in [2.75, 3.05) is 19.0 Å². The summed E-state index contributed by atoms with van der Waals surface area (Å²) in [6.07, 6.45) is 1.82. The van der Waals surface area contributed by atoms with Crippen LogP contribution in [0.3, 0.4) is 0 Å².